The van der Waals surface area contributed by atoms with Crippen LogP contribution in [0.15, 0.2) is 0 Å². The fraction of sp³-hybridized carbons (Fsp3) is 0.917. The molecule has 0 saturated heterocycles. The molecule has 0 N–H and O–H groups in total. The maximum absolute atomic E-state index is 11.2. The topological polar surface area (TPSA) is 26.3 Å². The fourth-order valence-corrected chi connectivity index (χ4v) is 1.74. The number of unbranched alkanes of at least 4 members (excludes halogenated alkanes) is 2. The van der Waals surface area contributed by atoms with Crippen molar-refractivity contribution in [3.63, 3.8) is 0 Å². The highest BCUT2D eigenvalue weighted by Gasteiger charge is 2.05. The van der Waals surface area contributed by atoms with Crippen LogP contribution in [0.3, 0.4) is 0 Å². The van der Waals surface area contributed by atoms with Gasteiger partial charge >= 0.3 is 5.97 Å². The van der Waals surface area contributed by atoms with Gasteiger partial charge in [0.25, 0.3) is 0 Å². The lowest BCUT2D eigenvalue weighted by molar-refractivity contribution is -0.143. The van der Waals surface area contributed by atoms with Crippen molar-refractivity contribution in [1.29, 1.82) is 0 Å². The second-order valence-corrected chi connectivity index (χ2v) is 4.64. The molecule has 0 spiro atoms. The van der Waals surface area contributed by atoms with Crippen molar-refractivity contribution in [3.05, 3.63) is 0 Å². The van der Waals surface area contributed by atoms with Gasteiger partial charge in [0.2, 0.25) is 0 Å². The zero-order valence-electron chi connectivity index (χ0n) is 10.00. The third-order valence-corrected chi connectivity index (χ3v) is 2.84. The molecule has 0 saturated carbocycles. The van der Waals surface area contributed by atoms with E-state index in [9.17, 15) is 4.79 Å². The summed E-state index contributed by atoms with van der Waals surface area (Å²) in [4.78, 5) is 11.2. The van der Waals surface area contributed by atoms with Gasteiger partial charge in [-0.05, 0) is 19.3 Å². The molecule has 15 heavy (non-hydrogen) atoms. The Bertz CT molecular complexity index is 160. The quantitative estimate of drug-likeness (QED) is 0.373. The average molecular weight is 232 g/mol. The van der Waals surface area contributed by atoms with Gasteiger partial charge in [-0.2, -0.15) is 12.6 Å². The monoisotopic (exact) mass is 232 g/mol. The molecule has 0 fully saturated rings. The lowest BCUT2D eigenvalue weighted by atomic mass is 10.2. The molecule has 0 aromatic heterocycles. The molecule has 0 amide bonds. The van der Waals surface area contributed by atoms with Gasteiger partial charge in [-0.1, -0.05) is 33.1 Å². The maximum Gasteiger partial charge on any atom is 0.305 e. The summed E-state index contributed by atoms with van der Waals surface area (Å²) < 4.78 is 5.12. The molecule has 0 aliphatic heterocycles. The molecule has 0 aliphatic rings. The highest BCUT2D eigenvalue weighted by molar-refractivity contribution is 7.80. The van der Waals surface area contributed by atoms with Crippen molar-refractivity contribution in [2.24, 2.45) is 0 Å². The van der Waals surface area contributed by atoms with Gasteiger partial charge in [0.05, 0.1) is 6.61 Å². The van der Waals surface area contributed by atoms with Crippen molar-refractivity contribution >= 4 is 18.6 Å². The molecule has 0 bridgehead atoms. The second kappa shape index (κ2) is 10.3. The minimum Gasteiger partial charge on any atom is -0.466 e. The molecule has 0 rings (SSSR count). The van der Waals surface area contributed by atoms with Crippen LogP contribution >= 0.6 is 12.6 Å². The van der Waals surface area contributed by atoms with Crippen LogP contribution in [0.2, 0.25) is 0 Å². The molecule has 2 nitrogen and oxygen atoms in total. The third-order valence-electron chi connectivity index (χ3n) is 2.32. The summed E-state index contributed by atoms with van der Waals surface area (Å²) in [5.41, 5.74) is 0. The van der Waals surface area contributed by atoms with Crippen LogP contribution in [0.25, 0.3) is 0 Å². The van der Waals surface area contributed by atoms with E-state index < -0.39 is 0 Å². The first-order valence-electron chi connectivity index (χ1n) is 6.04. The van der Waals surface area contributed by atoms with E-state index >= 15 is 0 Å². The van der Waals surface area contributed by atoms with Gasteiger partial charge in [0, 0.05) is 11.7 Å². The fourth-order valence-electron chi connectivity index (χ4n) is 1.38. The van der Waals surface area contributed by atoms with Gasteiger partial charge < -0.3 is 4.74 Å². The first-order valence-corrected chi connectivity index (χ1v) is 6.56. The van der Waals surface area contributed by atoms with Crippen molar-refractivity contribution in [3.8, 4) is 0 Å². The van der Waals surface area contributed by atoms with Crippen LogP contribution in [-0.4, -0.2) is 17.8 Å². The molecule has 0 heterocycles. The predicted molar refractivity (Wildman–Crippen MR) is 67.4 cm³/mol. The summed E-state index contributed by atoms with van der Waals surface area (Å²) in [6.07, 6.45) is 6.88. The normalized spacial score (nSPS) is 12.5. The van der Waals surface area contributed by atoms with Crippen LogP contribution in [0.1, 0.15) is 58.8 Å². The number of esters is 1. The smallest absolute Gasteiger partial charge is 0.305 e. The highest BCUT2D eigenvalue weighted by atomic mass is 32.1. The number of carbonyl (C=O) groups is 1. The van der Waals surface area contributed by atoms with Gasteiger partial charge in [0.15, 0.2) is 0 Å². The first kappa shape index (κ1) is 14.8. The highest BCUT2D eigenvalue weighted by Crippen LogP contribution is 2.09. The summed E-state index contributed by atoms with van der Waals surface area (Å²) in [6, 6.07) is 0. The first-order chi connectivity index (χ1) is 7.20. The summed E-state index contributed by atoms with van der Waals surface area (Å²) in [7, 11) is 0. The standard InChI is InChI=1S/C12H24O2S/c1-3-5-6-8-12(13)14-10-9-11(15)7-4-2/h11,15H,3-10H2,1-2H3/t11-/m1/s1. The Morgan fingerprint density at radius 2 is 1.93 bits per heavy atom. The Morgan fingerprint density at radius 3 is 2.53 bits per heavy atom. The molecular weight excluding hydrogens is 208 g/mol. The molecule has 3 heteroatoms. The zero-order valence-corrected chi connectivity index (χ0v) is 10.9. The minimum absolute atomic E-state index is 0.0551. The molecule has 0 radical (unpaired) electrons. The molecule has 90 valence electrons. The van der Waals surface area contributed by atoms with Crippen molar-refractivity contribution in [1.82, 2.24) is 0 Å². The molecule has 1 atom stereocenters. The Morgan fingerprint density at radius 1 is 1.20 bits per heavy atom. The number of ether oxygens (including phenoxy) is 1. The number of thiol groups is 1. The molecular formula is C12H24O2S. The van der Waals surface area contributed by atoms with Crippen molar-refractivity contribution in [2.45, 2.75) is 64.0 Å². The van der Waals surface area contributed by atoms with E-state index in [0.29, 0.717) is 18.3 Å². The number of hydrogen-bond donors (Lipinski definition) is 1. The van der Waals surface area contributed by atoms with Crippen LogP contribution in [0, 0.1) is 0 Å². The minimum atomic E-state index is -0.0551. The third kappa shape index (κ3) is 10.1. The lowest BCUT2D eigenvalue weighted by Crippen LogP contribution is -2.09. The Kier molecular flexibility index (Phi) is 10.2. The second-order valence-electron chi connectivity index (χ2n) is 3.91. The van der Waals surface area contributed by atoms with Crippen LogP contribution in [0.4, 0.5) is 0 Å². The van der Waals surface area contributed by atoms with Crippen molar-refractivity contribution < 1.29 is 9.53 Å². The van der Waals surface area contributed by atoms with Crippen LogP contribution in [0.5, 0.6) is 0 Å². The Hall–Kier alpha value is -0.180. The molecule has 0 unspecified atom stereocenters. The van der Waals surface area contributed by atoms with Gasteiger partial charge in [-0.15, -0.1) is 0 Å². The Balaban J connectivity index is 3.30. The van der Waals surface area contributed by atoms with E-state index in [1.165, 1.54) is 0 Å². The summed E-state index contributed by atoms with van der Waals surface area (Å²) in [5, 5.41) is 0.374. The number of rotatable bonds is 9. The van der Waals surface area contributed by atoms with E-state index in [-0.39, 0.29) is 5.97 Å². The van der Waals surface area contributed by atoms with Crippen LogP contribution < -0.4 is 0 Å². The predicted octanol–water partition coefficient (Wildman–Crippen LogP) is 3.60. The van der Waals surface area contributed by atoms with Crippen LogP contribution in [-0.2, 0) is 9.53 Å². The largest absolute Gasteiger partial charge is 0.466 e. The summed E-state index contributed by atoms with van der Waals surface area (Å²) in [5.74, 6) is -0.0551. The van der Waals surface area contributed by atoms with Gasteiger partial charge in [0.1, 0.15) is 0 Å². The van der Waals surface area contributed by atoms with Gasteiger partial charge in [-0.25, -0.2) is 0 Å². The maximum atomic E-state index is 11.2. The average Bonchev–Trinajstić information content (AvgIpc) is 2.18. The summed E-state index contributed by atoms with van der Waals surface area (Å²) >= 11 is 4.41. The molecule has 0 aliphatic carbocycles. The number of hydrogen-bond acceptors (Lipinski definition) is 3. The number of carbonyl (C=O) groups excluding carboxylic acids is 1. The molecule has 0 aromatic rings. The SMILES string of the molecule is CCCCCC(=O)OCC[C@H](S)CCC. The van der Waals surface area contributed by atoms with E-state index in [1.807, 2.05) is 0 Å². The van der Waals surface area contributed by atoms with Gasteiger partial charge in [-0.3, -0.25) is 4.79 Å². The summed E-state index contributed by atoms with van der Waals surface area (Å²) in [6.45, 7) is 4.79. The van der Waals surface area contributed by atoms with E-state index in [0.717, 1.165) is 38.5 Å². The lowest BCUT2D eigenvalue weighted by Gasteiger charge is -2.09. The zero-order chi connectivity index (χ0) is 11.5. The van der Waals surface area contributed by atoms with E-state index in [1.54, 1.807) is 0 Å². The van der Waals surface area contributed by atoms with E-state index in [2.05, 4.69) is 26.5 Å². The molecule has 0 aromatic carbocycles. The van der Waals surface area contributed by atoms with E-state index in [4.69, 9.17) is 4.74 Å². The Labute approximate surface area is 99.2 Å². The van der Waals surface area contributed by atoms with Crippen molar-refractivity contribution in [2.75, 3.05) is 6.61 Å².